The fourth-order valence-electron chi connectivity index (χ4n) is 2.08. The Balaban J connectivity index is 2.40. The van der Waals surface area contributed by atoms with Crippen molar-refractivity contribution in [3.63, 3.8) is 0 Å². The van der Waals surface area contributed by atoms with Gasteiger partial charge in [0.15, 0.2) is 5.69 Å². The van der Waals surface area contributed by atoms with Crippen LogP contribution in [0.5, 0.6) is 0 Å². The molecular formula is C12H15N3O5. The van der Waals surface area contributed by atoms with Crippen LogP contribution in [-0.4, -0.2) is 39.2 Å². The molecule has 1 aliphatic rings. The van der Waals surface area contributed by atoms with E-state index in [1.54, 1.807) is 0 Å². The topological polar surface area (TPSA) is 115 Å². The van der Waals surface area contributed by atoms with Gasteiger partial charge in [0.25, 0.3) is 0 Å². The summed E-state index contributed by atoms with van der Waals surface area (Å²) in [5, 5.41) is 22.9. The monoisotopic (exact) mass is 281 g/mol. The van der Waals surface area contributed by atoms with E-state index in [0.29, 0.717) is 13.0 Å². The highest BCUT2D eigenvalue weighted by Gasteiger charge is 2.38. The number of hydrogen-bond donors (Lipinski definition) is 2. The average Bonchev–Trinajstić information content (AvgIpc) is 2.68. The lowest BCUT2D eigenvalue weighted by Crippen LogP contribution is -2.41. The van der Waals surface area contributed by atoms with E-state index in [9.17, 15) is 14.9 Å². The number of aromatic nitrogens is 1. The molecule has 0 aliphatic carbocycles. The molecule has 0 spiro atoms. The number of hydrogen-bond acceptors (Lipinski definition) is 6. The van der Waals surface area contributed by atoms with Crippen LogP contribution in [0.25, 0.3) is 0 Å². The molecule has 2 rings (SSSR count). The molecule has 0 bridgehead atoms. The molecule has 108 valence electrons. The lowest BCUT2D eigenvalue weighted by Gasteiger charge is -2.29. The summed E-state index contributed by atoms with van der Waals surface area (Å²) in [6.45, 7) is 4.26. The third-order valence-corrected chi connectivity index (χ3v) is 3.58. The van der Waals surface area contributed by atoms with E-state index in [1.807, 2.05) is 13.8 Å². The van der Waals surface area contributed by atoms with Crippen LogP contribution in [0.15, 0.2) is 12.1 Å². The number of nitrogens with one attached hydrogen (secondary N) is 1. The molecule has 20 heavy (non-hydrogen) atoms. The van der Waals surface area contributed by atoms with Gasteiger partial charge in [-0.15, -0.1) is 0 Å². The first kappa shape index (κ1) is 14.2. The molecule has 0 radical (unpaired) electrons. The molecule has 2 unspecified atom stereocenters. The summed E-state index contributed by atoms with van der Waals surface area (Å²) in [6.07, 6.45) is 0.502. The van der Waals surface area contributed by atoms with Crippen molar-refractivity contribution >= 4 is 17.5 Å². The maximum Gasteiger partial charge on any atom is 0.354 e. The summed E-state index contributed by atoms with van der Waals surface area (Å²) in [5.41, 5.74) is -1.02. The van der Waals surface area contributed by atoms with Crippen LogP contribution in [-0.2, 0) is 4.74 Å². The average molecular weight is 281 g/mol. The van der Waals surface area contributed by atoms with Gasteiger partial charge in [0.2, 0.25) is 5.82 Å². The molecule has 1 aliphatic heterocycles. The van der Waals surface area contributed by atoms with Crippen LogP contribution in [0.2, 0.25) is 0 Å². The van der Waals surface area contributed by atoms with Gasteiger partial charge >= 0.3 is 11.7 Å². The molecule has 2 N–H and O–H groups in total. The molecule has 2 atom stereocenters. The van der Waals surface area contributed by atoms with E-state index in [2.05, 4.69) is 10.3 Å². The van der Waals surface area contributed by atoms with Crippen LogP contribution in [0, 0.1) is 10.1 Å². The van der Waals surface area contributed by atoms with Crippen LogP contribution < -0.4 is 5.32 Å². The van der Waals surface area contributed by atoms with E-state index < -0.39 is 16.4 Å². The van der Waals surface area contributed by atoms with Crippen molar-refractivity contribution in [2.45, 2.75) is 31.9 Å². The summed E-state index contributed by atoms with van der Waals surface area (Å²) >= 11 is 0. The fourth-order valence-corrected chi connectivity index (χ4v) is 2.08. The first-order valence-electron chi connectivity index (χ1n) is 6.12. The highest BCUT2D eigenvalue weighted by Crippen LogP contribution is 2.32. The Morgan fingerprint density at radius 3 is 2.85 bits per heavy atom. The van der Waals surface area contributed by atoms with Crippen molar-refractivity contribution in [3.8, 4) is 0 Å². The van der Waals surface area contributed by atoms with Crippen molar-refractivity contribution in [3.05, 3.63) is 27.9 Å². The molecule has 8 nitrogen and oxygen atoms in total. The summed E-state index contributed by atoms with van der Waals surface area (Å²) < 4.78 is 5.44. The Kier molecular flexibility index (Phi) is 3.58. The van der Waals surface area contributed by atoms with E-state index >= 15 is 0 Å². The molecular weight excluding hydrogens is 266 g/mol. The highest BCUT2D eigenvalue weighted by molar-refractivity contribution is 5.86. The van der Waals surface area contributed by atoms with Crippen LogP contribution in [0.1, 0.15) is 30.8 Å². The third kappa shape index (κ3) is 2.55. The van der Waals surface area contributed by atoms with E-state index in [4.69, 9.17) is 9.84 Å². The second-order valence-corrected chi connectivity index (χ2v) is 4.93. The normalized spacial score (nSPS) is 25.4. The predicted molar refractivity (Wildman–Crippen MR) is 69.9 cm³/mol. The zero-order valence-corrected chi connectivity index (χ0v) is 11.1. The van der Waals surface area contributed by atoms with Crippen molar-refractivity contribution < 1.29 is 19.6 Å². The Morgan fingerprint density at radius 1 is 1.65 bits per heavy atom. The van der Waals surface area contributed by atoms with Gasteiger partial charge in [-0.05, 0) is 26.3 Å². The van der Waals surface area contributed by atoms with Crippen LogP contribution >= 0.6 is 0 Å². The van der Waals surface area contributed by atoms with Gasteiger partial charge in [-0.1, -0.05) is 0 Å². The molecule has 1 saturated heterocycles. The number of pyridine rings is 1. The van der Waals surface area contributed by atoms with Crippen LogP contribution in [0.3, 0.4) is 0 Å². The maximum absolute atomic E-state index is 11.0. The quantitative estimate of drug-likeness (QED) is 0.637. The SMILES string of the molecule is CC1OCCC1(C)Nc1nc(C(=O)O)ccc1[N+](=O)[O-]. The number of ether oxygens (including phenoxy) is 1. The minimum absolute atomic E-state index is 0.0465. The Hall–Kier alpha value is -2.22. The van der Waals surface area contributed by atoms with E-state index in [1.165, 1.54) is 0 Å². The molecule has 0 aromatic carbocycles. The second-order valence-electron chi connectivity index (χ2n) is 4.93. The summed E-state index contributed by atoms with van der Waals surface area (Å²) in [4.78, 5) is 25.2. The highest BCUT2D eigenvalue weighted by atomic mass is 16.6. The molecule has 1 aromatic rings. The summed E-state index contributed by atoms with van der Waals surface area (Å²) in [5.74, 6) is -1.28. The van der Waals surface area contributed by atoms with Gasteiger partial charge in [-0.2, -0.15) is 0 Å². The molecule has 0 saturated carbocycles. The number of nitro groups is 1. The molecule has 0 amide bonds. The molecule has 2 heterocycles. The minimum Gasteiger partial charge on any atom is -0.477 e. The first-order chi connectivity index (χ1) is 9.33. The van der Waals surface area contributed by atoms with Gasteiger partial charge in [0, 0.05) is 12.7 Å². The number of nitrogens with zero attached hydrogens (tertiary/aromatic N) is 2. The van der Waals surface area contributed by atoms with E-state index in [0.717, 1.165) is 12.1 Å². The van der Waals surface area contributed by atoms with Gasteiger partial charge in [-0.25, -0.2) is 9.78 Å². The van der Waals surface area contributed by atoms with Crippen LogP contribution in [0.4, 0.5) is 11.5 Å². The standard InChI is InChI=1S/C12H15N3O5/c1-7-12(2,5-6-20-7)14-10-9(15(18)19)4-3-8(13-10)11(16)17/h3-4,7H,5-6H2,1-2H3,(H,13,14)(H,16,17). The molecule has 1 fully saturated rings. The van der Waals surface area contributed by atoms with E-state index in [-0.39, 0.29) is 23.3 Å². The Labute approximate surface area is 114 Å². The van der Waals surface area contributed by atoms with Gasteiger partial charge < -0.3 is 15.2 Å². The zero-order chi connectivity index (χ0) is 14.9. The van der Waals surface area contributed by atoms with Crippen molar-refractivity contribution in [2.75, 3.05) is 11.9 Å². The third-order valence-electron chi connectivity index (χ3n) is 3.58. The number of anilines is 1. The van der Waals surface area contributed by atoms with Gasteiger partial charge in [0.1, 0.15) is 0 Å². The maximum atomic E-state index is 11.0. The number of carboxylic acids is 1. The summed E-state index contributed by atoms with van der Waals surface area (Å²) in [6, 6.07) is 2.26. The second kappa shape index (κ2) is 5.04. The largest absolute Gasteiger partial charge is 0.477 e. The fraction of sp³-hybridized carbons (Fsp3) is 0.500. The Morgan fingerprint density at radius 2 is 2.35 bits per heavy atom. The first-order valence-corrected chi connectivity index (χ1v) is 6.12. The lowest BCUT2D eigenvalue weighted by molar-refractivity contribution is -0.384. The number of aromatic carboxylic acids is 1. The minimum atomic E-state index is -1.23. The Bertz CT molecular complexity index is 562. The molecule has 1 aromatic heterocycles. The van der Waals surface area contributed by atoms with Crippen molar-refractivity contribution in [1.29, 1.82) is 0 Å². The number of carboxylic acid groups (broad SMARTS) is 1. The van der Waals surface area contributed by atoms with Gasteiger partial charge in [-0.3, -0.25) is 10.1 Å². The zero-order valence-electron chi connectivity index (χ0n) is 11.1. The van der Waals surface area contributed by atoms with Crippen molar-refractivity contribution in [2.24, 2.45) is 0 Å². The van der Waals surface area contributed by atoms with Gasteiger partial charge in [0.05, 0.1) is 16.6 Å². The smallest absolute Gasteiger partial charge is 0.354 e. The predicted octanol–water partition coefficient (Wildman–Crippen LogP) is 1.67. The lowest BCUT2D eigenvalue weighted by atomic mass is 9.94. The summed E-state index contributed by atoms with van der Waals surface area (Å²) in [7, 11) is 0. The van der Waals surface area contributed by atoms with Crippen molar-refractivity contribution in [1.82, 2.24) is 4.98 Å². The number of rotatable bonds is 4. The number of carbonyl (C=O) groups is 1. The molecule has 8 heteroatoms.